The summed E-state index contributed by atoms with van der Waals surface area (Å²) < 4.78 is 38.4. The first-order chi connectivity index (χ1) is 16.3. The number of alkyl halides is 3. The Morgan fingerprint density at radius 1 is 1.06 bits per heavy atom. The molecule has 1 saturated carbocycles. The number of fused-ring (bicyclic) bond motifs is 3. The van der Waals surface area contributed by atoms with E-state index in [-0.39, 0.29) is 29.7 Å². The van der Waals surface area contributed by atoms with Gasteiger partial charge in [0, 0.05) is 31.2 Å². The van der Waals surface area contributed by atoms with E-state index in [1.54, 1.807) is 30.7 Å². The second-order valence-electron chi connectivity index (χ2n) is 8.72. The first kappa shape index (κ1) is 22.2. The van der Waals surface area contributed by atoms with Crippen molar-refractivity contribution in [2.45, 2.75) is 44.4 Å². The van der Waals surface area contributed by atoms with Crippen LogP contribution in [0.1, 0.15) is 40.9 Å². The molecular formula is C23H22F3N7O. The third kappa shape index (κ3) is 4.29. The van der Waals surface area contributed by atoms with Gasteiger partial charge in [-0.15, -0.1) is 0 Å². The molecule has 6 rings (SSSR count). The van der Waals surface area contributed by atoms with Crippen molar-refractivity contribution in [2.75, 3.05) is 11.9 Å². The maximum Gasteiger partial charge on any atom is 0.434 e. The largest absolute Gasteiger partial charge is 0.434 e. The Morgan fingerprint density at radius 3 is 2.53 bits per heavy atom. The number of aromatic nitrogens is 5. The van der Waals surface area contributed by atoms with Gasteiger partial charge >= 0.3 is 6.18 Å². The average molecular weight is 469 g/mol. The lowest BCUT2D eigenvalue weighted by molar-refractivity contribution is -0.141. The highest BCUT2D eigenvalue weighted by molar-refractivity contribution is 5.99. The molecule has 176 valence electrons. The number of hydrogen-bond acceptors (Lipinski definition) is 7. The number of carbonyl (C=O) groups excluding carboxylic acids is 1. The van der Waals surface area contributed by atoms with Gasteiger partial charge in [0.1, 0.15) is 11.5 Å². The fourth-order valence-electron chi connectivity index (χ4n) is 4.81. The van der Waals surface area contributed by atoms with Gasteiger partial charge in [0.05, 0.1) is 24.0 Å². The summed E-state index contributed by atoms with van der Waals surface area (Å²) in [7, 11) is 0. The van der Waals surface area contributed by atoms with E-state index < -0.39 is 11.9 Å². The molecule has 0 spiro atoms. The number of nitrogens with zero attached hydrogens (tertiary/aromatic N) is 6. The Labute approximate surface area is 193 Å². The number of pyridine rings is 1. The summed E-state index contributed by atoms with van der Waals surface area (Å²) >= 11 is 0. The summed E-state index contributed by atoms with van der Waals surface area (Å²) in [5.41, 5.74) is 0.671. The molecule has 1 aliphatic carbocycles. The van der Waals surface area contributed by atoms with Crippen molar-refractivity contribution >= 4 is 11.7 Å². The summed E-state index contributed by atoms with van der Waals surface area (Å²) in [6.07, 6.45) is 4.74. The van der Waals surface area contributed by atoms with Crippen LogP contribution < -0.4 is 5.32 Å². The number of anilines is 1. The predicted molar refractivity (Wildman–Crippen MR) is 117 cm³/mol. The fourth-order valence-corrected chi connectivity index (χ4v) is 4.81. The summed E-state index contributed by atoms with van der Waals surface area (Å²) in [6, 6.07) is 3.22. The van der Waals surface area contributed by atoms with Crippen LogP contribution in [-0.4, -0.2) is 54.4 Å². The number of piperidine rings is 2. The maximum atomic E-state index is 13.7. The quantitative estimate of drug-likeness (QED) is 0.621. The molecule has 34 heavy (non-hydrogen) atoms. The van der Waals surface area contributed by atoms with E-state index in [4.69, 9.17) is 0 Å². The highest BCUT2D eigenvalue weighted by atomic mass is 19.4. The average Bonchev–Trinajstić information content (AvgIpc) is 2.84. The van der Waals surface area contributed by atoms with Crippen LogP contribution in [0.4, 0.5) is 19.0 Å². The summed E-state index contributed by atoms with van der Waals surface area (Å²) in [4.78, 5) is 35.9. The maximum absolute atomic E-state index is 13.7. The van der Waals surface area contributed by atoms with Gasteiger partial charge in [-0.1, -0.05) is 0 Å². The van der Waals surface area contributed by atoms with Crippen molar-refractivity contribution in [3.63, 3.8) is 0 Å². The third-order valence-electron chi connectivity index (χ3n) is 6.35. The van der Waals surface area contributed by atoms with Crippen LogP contribution in [0.2, 0.25) is 0 Å². The SMILES string of the molecule is Cc1cnc(-c2ncccn2)c(C(=O)N2C[C@H]3CC[C@H]2[C@H](Nc2cnc(C(F)(F)F)cn2)C3)c1. The van der Waals surface area contributed by atoms with Crippen molar-refractivity contribution in [1.29, 1.82) is 0 Å². The van der Waals surface area contributed by atoms with Crippen molar-refractivity contribution in [3.8, 4) is 11.5 Å². The molecule has 5 heterocycles. The minimum absolute atomic E-state index is 0.133. The van der Waals surface area contributed by atoms with Gasteiger partial charge < -0.3 is 10.2 Å². The molecule has 3 atom stereocenters. The monoisotopic (exact) mass is 469 g/mol. The zero-order valence-electron chi connectivity index (χ0n) is 18.3. The molecule has 3 fully saturated rings. The third-order valence-corrected chi connectivity index (χ3v) is 6.35. The summed E-state index contributed by atoms with van der Waals surface area (Å²) in [5.74, 6) is 0.762. The van der Waals surface area contributed by atoms with Crippen LogP contribution >= 0.6 is 0 Å². The van der Waals surface area contributed by atoms with Gasteiger partial charge in [-0.3, -0.25) is 9.78 Å². The van der Waals surface area contributed by atoms with Gasteiger partial charge in [0.2, 0.25) is 0 Å². The number of rotatable bonds is 4. The molecule has 3 aliphatic rings. The van der Waals surface area contributed by atoms with E-state index in [2.05, 4.69) is 30.2 Å². The van der Waals surface area contributed by atoms with E-state index in [1.165, 1.54) is 0 Å². The number of carbonyl (C=O) groups is 1. The van der Waals surface area contributed by atoms with Crippen molar-refractivity contribution in [3.05, 3.63) is 59.9 Å². The molecule has 1 N–H and O–H groups in total. The van der Waals surface area contributed by atoms with Crippen LogP contribution in [0, 0.1) is 12.8 Å². The molecular weight excluding hydrogens is 447 g/mol. The Morgan fingerprint density at radius 2 is 1.85 bits per heavy atom. The first-order valence-corrected chi connectivity index (χ1v) is 11.0. The Kier molecular flexibility index (Phi) is 5.62. The molecule has 1 amide bonds. The van der Waals surface area contributed by atoms with E-state index in [0.29, 0.717) is 23.6 Å². The van der Waals surface area contributed by atoms with Crippen LogP contribution in [-0.2, 0) is 6.18 Å². The van der Waals surface area contributed by atoms with Gasteiger partial charge in [-0.05, 0) is 49.8 Å². The van der Waals surface area contributed by atoms with Crippen LogP contribution in [0.25, 0.3) is 11.5 Å². The standard InChI is InChI=1S/C23H22F3N7O/c1-13-7-15(20(31-9-13)21-27-5-2-6-28-21)22(34)33-12-14-3-4-17(33)16(8-14)32-19-11-29-18(10-30-19)23(24,25)26/h2,5-7,9-11,14,16-17H,3-4,8,12H2,1H3,(H,30,32)/t14-,16+,17-/m0/s1. The van der Waals surface area contributed by atoms with Gasteiger partial charge in [0.25, 0.3) is 5.91 Å². The number of hydrogen-bond donors (Lipinski definition) is 1. The molecule has 0 radical (unpaired) electrons. The first-order valence-electron chi connectivity index (χ1n) is 11.0. The van der Waals surface area contributed by atoms with Gasteiger partial charge in [0.15, 0.2) is 11.5 Å². The highest BCUT2D eigenvalue weighted by Crippen LogP contribution is 2.38. The molecule has 11 heteroatoms. The summed E-state index contributed by atoms with van der Waals surface area (Å²) in [5, 5.41) is 3.21. The predicted octanol–water partition coefficient (Wildman–Crippen LogP) is 3.76. The zero-order valence-corrected chi connectivity index (χ0v) is 18.3. The molecule has 2 saturated heterocycles. The number of amides is 1. The molecule has 0 unspecified atom stereocenters. The van der Waals surface area contributed by atoms with Crippen molar-refractivity contribution in [2.24, 2.45) is 5.92 Å². The van der Waals surface area contributed by atoms with Crippen molar-refractivity contribution < 1.29 is 18.0 Å². The van der Waals surface area contributed by atoms with E-state index >= 15 is 0 Å². The number of aryl methyl sites for hydroxylation is 1. The number of halogens is 3. The highest BCUT2D eigenvalue weighted by Gasteiger charge is 2.44. The van der Waals surface area contributed by atoms with Crippen molar-refractivity contribution in [1.82, 2.24) is 29.8 Å². The van der Waals surface area contributed by atoms with Crippen LogP contribution in [0.15, 0.2) is 43.1 Å². The fraction of sp³-hybridized carbons (Fsp3) is 0.391. The Hall–Kier alpha value is -3.63. The van der Waals surface area contributed by atoms with Crippen LogP contribution in [0.5, 0.6) is 0 Å². The normalized spacial score (nSPS) is 22.0. The summed E-state index contributed by atoms with van der Waals surface area (Å²) in [6.45, 7) is 2.48. The second-order valence-corrected chi connectivity index (χ2v) is 8.72. The number of nitrogens with one attached hydrogen (secondary N) is 1. The van der Waals surface area contributed by atoms with E-state index in [1.807, 2.05) is 11.8 Å². The minimum atomic E-state index is -4.54. The van der Waals surface area contributed by atoms with E-state index in [9.17, 15) is 18.0 Å². The molecule has 2 aliphatic heterocycles. The van der Waals surface area contributed by atoms with Gasteiger partial charge in [-0.2, -0.15) is 13.2 Å². The van der Waals surface area contributed by atoms with Gasteiger partial charge in [-0.25, -0.2) is 19.9 Å². The smallest absolute Gasteiger partial charge is 0.364 e. The second kappa shape index (κ2) is 8.62. The lowest BCUT2D eigenvalue weighted by Gasteiger charge is -2.50. The Bertz CT molecular complexity index is 1190. The molecule has 8 nitrogen and oxygen atoms in total. The topological polar surface area (TPSA) is 96.8 Å². The lowest BCUT2D eigenvalue weighted by atomic mass is 9.76. The van der Waals surface area contributed by atoms with Crippen LogP contribution in [0.3, 0.4) is 0 Å². The lowest BCUT2D eigenvalue weighted by Crippen LogP contribution is -2.59. The zero-order chi connectivity index (χ0) is 23.9. The molecule has 3 aromatic rings. The van der Waals surface area contributed by atoms with E-state index in [0.717, 1.165) is 37.2 Å². The molecule has 2 bridgehead atoms. The Balaban J connectivity index is 1.40. The molecule has 0 aromatic carbocycles. The minimum Gasteiger partial charge on any atom is -0.364 e. The molecule has 3 aromatic heterocycles.